The first-order valence-corrected chi connectivity index (χ1v) is 4.12. The van der Waals surface area contributed by atoms with Crippen LogP contribution in [0.1, 0.15) is 6.92 Å². The summed E-state index contributed by atoms with van der Waals surface area (Å²) in [5.74, 6) is 0. The lowest BCUT2D eigenvalue weighted by molar-refractivity contribution is -0.00761. The molecule has 0 aliphatic rings. The van der Waals surface area contributed by atoms with Gasteiger partial charge in [0.15, 0.2) is 6.29 Å². The first kappa shape index (κ1) is 9.07. The predicted molar refractivity (Wildman–Crippen MR) is 31.6 cm³/mol. The van der Waals surface area contributed by atoms with E-state index in [9.17, 15) is 4.57 Å². The van der Waals surface area contributed by atoms with Crippen LogP contribution < -0.4 is 5.73 Å². The minimum absolute atomic E-state index is 0.474. The third-order valence-electron chi connectivity index (χ3n) is 0.548. The van der Waals surface area contributed by atoms with Crippen LogP contribution >= 0.6 is 7.60 Å². The summed E-state index contributed by atoms with van der Waals surface area (Å²) in [6.45, 7) is 1.23. The van der Waals surface area contributed by atoms with E-state index in [0.29, 0.717) is 0 Å². The van der Waals surface area contributed by atoms with Crippen molar-refractivity contribution in [1.82, 2.24) is 0 Å². The van der Waals surface area contributed by atoms with Crippen LogP contribution in [0, 0.1) is 0 Å². The molecule has 0 fully saturated rings. The van der Waals surface area contributed by atoms with Gasteiger partial charge < -0.3 is 15.7 Å². The minimum atomic E-state index is -3.70. The Balaban J connectivity index is 3.73. The van der Waals surface area contributed by atoms with Gasteiger partial charge in [-0.2, -0.15) is 0 Å². The topological polar surface area (TPSA) is 92.8 Å². The summed E-state index contributed by atoms with van der Waals surface area (Å²) in [6, 6.07) is 0. The Bertz CT molecular complexity index is 125. The van der Waals surface area contributed by atoms with Crippen molar-refractivity contribution < 1.29 is 19.1 Å². The number of aliphatic hydroxyl groups excluding tert-OH is 1. The molecule has 0 aliphatic carbocycles. The number of hydrogen-bond donors (Lipinski definition) is 3. The standard InChI is InChI=1S/C3H10NO4P/c1-3(5)8-9(6,7)2-4/h3,5H,2,4H2,1H3,(H,6,7). The molecule has 0 radical (unpaired) electrons. The van der Waals surface area contributed by atoms with Crippen LogP contribution in [0.15, 0.2) is 0 Å². The third kappa shape index (κ3) is 4.57. The Hall–Kier alpha value is 0.0700. The number of rotatable bonds is 3. The van der Waals surface area contributed by atoms with Crippen LogP contribution in [-0.2, 0) is 9.09 Å². The summed E-state index contributed by atoms with van der Waals surface area (Å²) in [6.07, 6.45) is -1.72. The van der Waals surface area contributed by atoms with Gasteiger partial charge in [-0.15, -0.1) is 0 Å². The van der Waals surface area contributed by atoms with Crippen molar-refractivity contribution in [1.29, 1.82) is 0 Å². The molecular formula is C3H10NO4P. The van der Waals surface area contributed by atoms with Crippen LogP contribution in [0.3, 0.4) is 0 Å². The molecule has 4 N–H and O–H groups in total. The van der Waals surface area contributed by atoms with E-state index in [1.807, 2.05) is 0 Å². The Kier molecular flexibility index (Phi) is 3.32. The summed E-state index contributed by atoms with van der Waals surface area (Å²) in [4.78, 5) is 8.54. The van der Waals surface area contributed by atoms with E-state index in [-0.39, 0.29) is 0 Å². The molecule has 0 saturated carbocycles. The normalized spacial score (nSPS) is 20.9. The monoisotopic (exact) mass is 155 g/mol. The molecule has 5 nitrogen and oxygen atoms in total. The molecule has 0 aromatic rings. The second kappa shape index (κ2) is 3.29. The molecule has 0 rings (SSSR count). The van der Waals surface area contributed by atoms with Crippen LogP contribution in [-0.4, -0.2) is 22.6 Å². The Morgan fingerprint density at radius 3 is 2.44 bits per heavy atom. The largest absolute Gasteiger partial charge is 0.368 e. The summed E-state index contributed by atoms with van der Waals surface area (Å²) in [5, 5.41) is 8.41. The van der Waals surface area contributed by atoms with Gasteiger partial charge in [-0.3, -0.25) is 9.09 Å². The quantitative estimate of drug-likeness (QED) is 0.375. The zero-order valence-corrected chi connectivity index (χ0v) is 5.91. The number of aliphatic hydroxyl groups is 1. The summed E-state index contributed by atoms with van der Waals surface area (Å²) >= 11 is 0. The Morgan fingerprint density at radius 1 is 1.89 bits per heavy atom. The fourth-order valence-electron chi connectivity index (χ4n) is 0.281. The van der Waals surface area contributed by atoms with Crippen molar-refractivity contribution in [3.05, 3.63) is 0 Å². The number of hydrogen-bond acceptors (Lipinski definition) is 4. The summed E-state index contributed by atoms with van der Waals surface area (Å²) in [5.41, 5.74) is 4.81. The van der Waals surface area contributed by atoms with Crippen molar-refractivity contribution in [2.24, 2.45) is 5.73 Å². The molecule has 9 heavy (non-hydrogen) atoms. The molecule has 0 amide bonds. The number of nitrogens with two attached hydrogens (primary N) is 1. The second-order valence-electron chi connectivity index (χ2n) is 1.52. The van der Waals surface area contributed by atoms with Crippen molar-refractivity contribution in [3.8, 4) is 0 Å². The molecule has 0 heterocycles. The van der Waals surface area contributed by atoms with Gasteiger partial charge in [0.2, 0.25) is 0 Å². The molecule has 2 unspecified atom stereocenters. The maximum atomic E-state index is 10.4. The smallest absolute Gasteiger partial charge is 0.343 e. The first-order chi connectivity index (χ1) is 3.98. The van der Waals surface area contributed by atoms with Gasteiger partial charge in [0.05, 0.1) is 6.29 Å². The van der Waals surface area contributed by atoms with E-state index in [4.69, 9.17) is 15.7 Å². The van der Waals surface area contributed by atoms with E-state index in [1.54, 1.807) is 0 Å². The predicted octanol–water partition coefficient (Wildman–Crippen LogP) is -0.557. The van der Waals surface area contributed by atoms with Crippen molar-refractivity contribution in [2.45, 2.75) is 13.2 Å². The highest BCUT2D eigenvalue weighted by molar-refractivity contribution is 7.52. The molecule has 6 heteroatoms. The van der Waals surface area contributed by atoms with Crippen LogP contribution in [0.5, 0.6) is 0 Å². The highest BCUT2D eigenvalue weighted by atomic mass is 31.2. The average molecular weight is 155 g/mol. The fourth-order valence-corrected chi connectivity index (χ4v) is 0.844. The maximum absolute atomic E-state index is 10.4. The van der Waals surface area contributed by atoms with Gasteiger partial charge >= 0.3 is 7.60 Å². The lowest BCUT2D eigenvalue weighted by Gasteiger charge is -2.10. The molecule has 2 atom stereocenters. The molecule has 0 aromatic heterocycles. The van der Waals surface area contributed by atoms with Gasteiger partial charge in [0.25, 0.3) is 0 Å². The van der Waals surface area contributed by atoms with Gasteiger partial charge in [0, 0.05) is 0 Å². The first-order valence-electron chi connectivity index (χ1n) is 2.36. The van der Waals surface area contributed by atoms with Gasteiger partial charge in [-0.1, -0.05) is 0 Å². The molecule has 56 valence electrons. The molecular weight excluding hydrogens is 145 g/mol. The summed E-state index contributed by atoms with van der Waals surface area (Å²) < 4.78 is 14.6. The highest BCUT2D eigenvalue weighted by Gasteiger charge is 2.18. The third-order valence-corrected chi connectivity index (χ3v) is 1.64. The van der Waals surface area contributed by atoms with Gasteiger partial charge in [-0.05, 0) is 6.92 Å². The van der Waals surface area contributed by atoms with Crippen molar-refractivity contribution in [3.63, 3.8) is 0 Å². The van der Waals surface area contributed by atoms with E-state index >= 15 is 0 Å². The maximum Gasteiger partial charge on any atom is 0.343 e. The molecule has 0 spiro atoms. The molecule has 0 aromatic carbocycles. The van der Waals surface area contributed by atoms with Crippen molar-refractivity contribution in [2.75, 3.05) is 6.29 Å². The van der Waals surface area contributed by atoms with Crippen LogP contribution in [0.25, 0.3) is 0 Å². The zero-order chi connectivity index (χ0) is 7.49. The van der Waals surface area contributed by atoms with E-state index in [0.717, 1.165) is 0 Å². The lowest BCUT2D eigenvalue weighted by Crippen LogP contribution is -2.09. The van der Waals surface area contributed by atoms with Crippen molar-refractivity contribution >= 4 is 7.60 Å². The van der Waals surface area contributed by atoms with E-state index < -0.39 is 20.2 Å². The van der Waals surface area contributed by atoms with Crippen LogP contribution in [0.4, 0.5) is 0 Å². The summed E-state index contributed by atoms with van der Waals surface area (Å²) in [7, 11) is -3.70. The van der Waals surface area contributed by atoms with Gasteiger partial charge in [0.1, 0.15) is 0 Å². The molecule has 0 saturated heterocycles. The lowest BCUT2D eigenvalue weighted by atomic mass is 10.8. The second-order valence-corrected chi connectivity index (χ2v) is 3.38. The SMILES string of the molecule is CC(O)OP(=O)(O)CN. The highest BCUT2D eigenvalue weighted by Crippen LogP contribution is 2.40. The average Bonchev–Trinajstić information content (AvgIpc) is 1.63. The van der Waals surface area contributed by atoms with Crippen LogP contribution in [0.2, 0.25) is 0 Å². The molecule has 0 aliphatic heterocycles. The van der Waals surface area contributed by atoms with E-state index in [2.05, 4.69) is 4.52 Å². The Morgan fingerprint density at radius 2 is 2.33 bits per heavy atom. The van der Waals surface area contributed by atoms with Gasteiger partial charge in [-0.25, -0.2) is 0 Å². The molecule has 0 bridgehead atoms. The Labute approximate surface area is 53.0 Å². The zero-order valence-electron chi connectivity index (χ0n) is 5.02. The fraction of sp³-hybridized carbons (Fsp3) is 1.00. The van der Waals surface area contributed by atoms with E-state index in [1.165, 1.54) is 6.92 Å². The minimum Gasteiger partial charge on any atom is -0.368 e.